The minimum atomic E-state index is -1.15. The van der Waals surface area contributed by atoms with E-state index in [-0.39, 0.29) is 37.2 Å². The molecule has 0 fully saturated rings. The number of carboxylic acids is 1. The molecule has 0 radical (unpaired) electrons. The zero-order chi connectivity index (χ0) is 24.0. The second-order valence-corrected chi connectivity index (χ2v) is 7.59. The lowest BCUT2D eigenvalue weighted by Crippen LogP contribution is -2.54. The van der Waals surface area contributed by atoms with Crippen LogP contribution in [-0.4, -0.2) is 66.0 Å². The lowest BCUT2D eigenvalue weighted by Gasteiger charge is -2.23. The van der Waals surface area contributed by atoms with Gasteiger partial charge in [-0.15, -0.1) is 0 Å². The van der Waals surface area contributed by atoms with Crippen LogP contribution in [0.25, 0.3) is 0 Å². The zero-order valence-corrected chi connectivity index (χ0v) is 18.2. The Kier molecular flexibility index (Phi) is 13.3. The van der Waals surface area contributed by atoms with Crippen molar-refractivity contribution in [2.24, 2.45) is 44.6 Å². The molecule has 0 aliphatic rings. The number of hydrogen-bond donors (Lipinski definition) is 8. The molecule has 178 valence electrons. The number of guanidine groups is 2. The maximum absolute atomic E-state index is 12.7. The number of carbonyl (C=O) groups is 3. The lowest BCUT2D eigenvalue weighted by molar-refractivity contribution is -0.142. The molecule has 0 aliphatic heterocycles. The maximum atomic E-state index is 12.7. The summed E-state index contributed by atoms with van der Waals surface area (Å²) in [6.45, 7) is 4.26. The first kappa shape index (κ1) is 27.9. The van der Waals surface area contributed by atoms with Crippen molar-refractivity contribution in [2.75, 3.05) is 13.1 Å². The Morgan fingerprint density at radius 3 is 1.77 bits per heavy atom. The first-order valence-corrected chi connectivity index (χ1v) is 10.1. The van der Waals surface area contributed by atoms with Crippen molar-refractivity contribution in [1.82, 2.24) is 10.6 Å². The lowest BCUT2D eigenvalue weighted by atomic mass is 10.0. The van der Waals surface area contributed by atoms with Crippen LogP contribution in [0.15, 0.2) is 9.98 Å². The maximum Gasteiger partial charge on any atom is 0.326 e. The summed E-state index contributed by atoms with van der Waals surface area (Å²) in [5, 5.41) is 14.4. The first-order valence-electron chi connectivity index (χ1n) is 10.1. The van der Waals surface area contributed by atoms with Crippen molar-refractivity contribution in [3.63, 3.8) is 0 Å². The number of nitrogens with zero attached hydrogens (tertiary/aromatic N) is 2. The highest BCUT2D eigenvalue weighted by molar-refractivity contribution is 5.91. The van der Waals surface area contributed by atoms with Crippen LogP contribution in [0.3, 0.4) is 0 Å². The van der Waals surface area contributed by atoms with E-state index in [1.54, 1.807) is 0 Å². The molecule has 13 N–H and O–H groups in total. The third-order valence-electron chi connectivity index (χ3n) is 4.20. The molecule has 0 spiro atoms. The zero-order valence-electron chi connectivity index (χ0n) is 18.2. The highest BCUT2D eigenvalue weighted by Gasteiger charge is 2.28. The average molecular weight is 444 g/mol. The van der Waals surface area contributed by atoms with E-state index in [2.05, 4.69) is 20.6 Å². The van der Waals surface area contributed by atoms with Gasteiger partial charge in [0.1, 0.15) is 12.1 Å². The Labute approximate surface area is 182 Å². The van der Waals surface area contributed by atoms with E-state index < -0.39 is 35.9 Å². The summed E-state index contributed by atoms with van der Waals surface area (Å²) in [5.74, 6) is -2.39. The molecule has 0 aliphatic carbocycles. The number of nitrogens with one attached hydrogen (secondary N) is 2. The van der Waals surface area contributed by atoms with Gasteiger partial charge in [-0.25, -0.2) is 4.79 Å². The molecule has 0 saturated carbocycles. The van der Waals surface area contributed by atoms with E-state index in [1.807, 2.05) is 13.8 Å². The minimum absolute atomic E-state index is 0.0509. The molecule has 0 aromatic carbocycles. The van der Waals surface area contributed by atoms with Gasteiger partial charge in [-0.3, -0.25) is 19.6 Å². The van der Waals surface area contributed by atoms with Crippen LogP contribution in [0, 0.1) is 5.92 Å². The molecular formula is C18H37N9O4. The van der Waals surface area contributed by atoms with Gasteiger partial charge in [0.15, 0.2) is 11.9 Å². The fraction of sp³-hybridized carbons (Fsp3) is 0.722. The van der Waals surface area contributed by atoms with Crippen LogP contribution in [0.2, 0.25) is 0 Å². The van der Waals surface area contributed by atoms with E-state index >= 15 is 0 Å². The van der Waals surface area contributed by atoms with E-state index in [9.17, 15) is 19.5 Å². The van der Waals surface area contributed by atoms with E-state index in [1.165, 1.54) is 0 Å². The average Bonchev–Trinajstić information content (AvgIpc) is 2.65. The van der Waals surface area contributed by atoms with Crippen molar-refractivity contribution in [3.05, 3.63) is 0 Å². The molecule has 13 nitrogen and oxygen atoms in total. The van der Waals surface area contributed by atoms with Gasteiger partial charge >= 0.3 is 5.97 Å². The second-order valence-electron chi connectivity index (χ2n) is 7.59. The van der Waals surface area contributed by atoms with Crippen LogP contribution in [0.1, 0.15) is 46.0 Å². The number of hydrogen-bond acceptors (Lipinski definition) is 6. The highest BCUT2D eigenvalue weighted by Crippen LogP contribution is 2.07. The van der Waals surface area contributed by atoms with Gasteiger partial charge < -0.3 is 44.4 Å². The van der Waals surface area contributed by atoms with Gasteiger partial charge in [0, 0.05) is 13.1 Å². The first-order chi connectivity index (χ1) is 14.4. The van der Waals surface area contributed by atoms with Crippen LogP contribution in [-0.2, 0) is 14.4 Å². The third kappa shape index (κ3) is 13.7. The smallest absolute Gasteiger partial charge is 0.326 e. The van der Waals surface area contributed by atoms with Crippen molar-refractivity contribution in [2.45, 2.75) is 64.1 Å². The minimum Gasteiger partial charge on any atom is -0.480 e. The van der Waals surface area contributed by atoms with Crippen LogP contribution >= 0.6 is 0 Å². The summed E-state index contributed by atoms with van der Waals surface area (Å²) in [4.78, 5) is 44.3. The molecule has 3 atom stereocenters. The molecule has 0 aromatic heterocycles. The largest absolute Gasteiger partial charge is 0.480 e. The van der Waals surface area contributed by atoms with Crippen molar-refractivity contribution < 1.29 is 19.5 Å². The van der Waals surface area contributed by atoms with Gasteiger partial charge in [-0.1, -0.05) is 13.8 Å². The van der Waals surface area contributed by atoms with Crippen molar-refractivity contribution in [3.8, 4) is 0 Å². The molecule has 0 unspecified atom stereocenters. The molecule has 0 heterocycles. The number of amides is 2. The number of aliphatic carboxylic acids is 1. The molecule has 0 saturated heterocycles. The molecule has 13 heteroatoms. The van der Waals surface area contributed by atoms with Gasteiger partial charge in [-0.2, -0.15) is 0 Å². The predicted molar refractivity (Wildman–Crippen MR) is 119 cm³/mol. The standard InChI is InChI=1S/C18H37N9O4/c1-10(2)9-13(16(30)31)27-15(29)12(6-4-8-25-18(22)23)26-14(28)11(19)5-3-7-24-17(20)21/h10-13H,3-9,19H2,1-2H3,(H,26,28)(H,27,29)(H,30,31)(H4,20,21,24)(H4,22,23,25)/t11-,12-,13-/m0/s1. The third-order valence-corrected chi connectivity index (χ3v) is 4.20. The topological polar surface area (TPSA) is 250 Å². The molecule has 0 rings (SSSR count). The van der Waals surface area contributed by atoms with Crippen LogP contribution in [0.5, 0.6) is 0 Å². The van der Waals surface area contributed by atoms with Gasteiger partial charge in [0.25, 0.3) is 0 Å². The van der Waals surface area contributed by atoms with Gasteiger partial charge in [-0.05, 0) is 38.0 Å². The number of rotatable bonds is 15. The van der Waals surface area contributed by atoms with Crippen LogP contribution in [0.4, 0.5) is 0 Å². The summed E-state index contributed by atoms with van der Waals surface area (Å²) >= 11 is 0. The van der Waals surface area contributed by atoms with Gasteiger partial charge in [0.2, 0.25) is 11.8 Å². The quantitative estimate of drug-likeness (QED) is 0.0756. The molecule has 0 aromatic rings. The Bertz CT molecular complexity index is 644. The van der Waals surface area contributed by atoms with Crippen molar-refractivity contribution >= 4 is 29.7 Å². The number of nitrogens with two attached hydrogens (primary N) is 5. The fourth-order valence-corrected chi connectivity index (χ4v) is 2.67. The van der Waals surface area contributed by atoms with E-state index in [4.69, 9.17) is 28.7 Å². The SMILES string of the molecule is CC(C)C[C@H](NC(=O)[C@H](CCCN=C(N)N)NC(=O)[C@@H](N)CCCN=C(N)N)C(=O)O. The summed E-state index contributed by atoms with van der Waals surface area (Å²) < 4.78 is 0. The van der Waals surface area contributed by atoms with Crippen molar-refractivity contribution in [1.29, 1.82) is 0 Å². The van der Waals surface area contributed by atoms with E-state index in [0.29, 0.717) is 25.8 Å². The Hall–Kier alpha value is -3.09. The van der Waals surface area contributed by atoms with E-state index in [0.717, 1.165) is 0 Å². The predicted octanol–water partition coefficient (Wildman–Crippen LogP) is -2.48. The molecule has 2 amide bonds. The summed E-state index contributed by atoms with van der Waals surface area (Å²) in [5.41, 5.74) is 26.9. The fourth-order valence-electron chi connectivity index (χ4n) is 2.67. The number of carbonyl (C=O) groups excluding carboxylic acids is 2. The Morgan fingerprint density at radius 2 is 1.32 bits per heavy atom. The molecular weight excluding hydrogens is 406 g/mol. The molecule has 0 bridgehead atoms. The normalized spacial score (nSPS) is 13.5. The number of carboxylic acid groups (broad SMARTS) is 1. The summed E-state index contributed by atoms with van der Waals surface area (Å²) in [6.07, 6.45) is 1.61. The summed E-state index contributed by atoms with van der Waals surface area (Å²) in [6, 6.07) is -2.94. The Morgan fingerprint density at radius 1 is 0.839 bits per heavy atom. The van der Waals surface area contributed by atoms with Gasteiger partial charge in [0.05, 0.1) is 6.04 Å². The summed E-state index contributed by atoms with van der Waals surface area (Å²) in [7, 11) is 0. The monoisotopic (exact) mass is 443 g/mol. The highest BCUT2D eigenvalue weighted by atomic mass is 16.4. The van der Waals surface area contributed by atoms with Crippen LogP contribution < -0.4 is 39.3 Å². The second kappa shape index (κ2) is 14.8. The molecule has 31 heavy (non-hydrogen) atoms. The Balaban J connectivity index is 5.06. The number of aliphatic imine (C=N–C) groups is 2.